The summed E-state index contributed by atoms with van der Waals surface area (Å²) in [4.78, 5) is 15.7. The monoisotopic (exact) mass is 383 g/mol. The molecule has 6 atom stereocenters. The Balaban J connectivity index is 1.76. The fraction of sp³-hybridized carbons (Fsp3) is 0.708. The normalized spacial score (nSPS) is 37.1. The average molecular weight is 384 g/mol. The van der Waals surface area contributed by atoms with Crippen LogP contribution in [0.25, 0.3) is 0 Å². The summed E-state index contributed by atoms with van der Waals surface area (Å²) in [5.74, 6) is 2.62. The third-order valence-corrected chi connectivity index (χ3v) is 7.54. The predicted molar refractivity (Wildman–Crippen MR) is 114 cm³/mol. The number of hydrogen-bond donors (Lipinski definition) is 2. The van der Waals surface area contributed by atoms with E-state index in [0.717, 1.165) is 25.9 Å². The van der Waals surface area contributed by atoms with Gasteiger partial charge in [0.1, 0.15) is 5.54 Å². The van der Waals surface area contributed by atoms with E-state index in [9.17, 15) is 4.79 Å². The van der Waals surface area contributed by atoms with Gasteiger partial charge in [0.25, 0.3) is 0 Å². The second-order valence-electron chi connectivity index (χ2n) is 10.3. The number of nitrogens with two attached hydrogens (primary N) is 1. The average Bonchev–Trinajstić information content (AvgIpc) is 2.85. The number of carbonyl (C=O) groups excluding carboxylic acids is 1. The highest BCUT2D eigenvalue weighted by Gasteiger charge is 2.70. The van der Waals surface area contributed by atoms with Gasteiger partial charge < -0.3 is 11.1 Å². The summed E-state index contributed by atoms with van der Waals surface area (Å²) >= 11 is 0. The Kier molecular flexibility index (Phi) is 5.30. The smallest absolute Gasteiger partial charge is 0.239 e. The van der Waals surface area contributed by atoms with Crippen molar-refractivity contribution in [3.05, 3.63) is 35.9 Å². The number of piperidine rings is 2. The number of rotatable bonds is 7. The van der Waals surface area contributed by atoms with Gasteiger partial charge >= 0.3 is 0 Å². The number of primary amides is 1. The summed E-state index contributed by atoms with van der Waals surface area (Å²) in [7, 11) is 0. The zero-order valence-electron chi connectivity index (χ0n) is 17.9. The molecule has 4 aliphatic rings. The fourth-order valence-corrected chi connectivity index (χ4v) is 6.74. The van der Waals surface area contributed by atoms with Gasteiger partial charge in [0.15, 0.2) is 0 Å². The van der Waals surface area contributed by atoms with Crippen molar-refractivity contribution in [1.29, 1.82) is 0 Å². The first-order valence-electron chi connectivity index (χ1n) is 11.2. The van der Waals surface area contributed by atoms with E-state index in [4.69, 9.17) is 5.73 Å². The summed E-state index contributed by atoms with van der Waals surface area (Å²) < 4.78 is 0. The molecule has 0 spiro atoms. The molecule has 1 aromatic rings. The predicted octanol–water partition coefficient (Wildman–Crippen LogP) is 3.06. The summed E-state index contributed by atoms with van der Waals surface area (Å²) in [6, 6.07) is 11.4. The molecule has 4 heteroatoms. The van der Waals surface area contributed by atoms with Gasteiger partial charge in [0, 0.05) is 24.5 Å². The minimum Gasteiger partial charge on any atom is -0.368 e. The zero-order chi connectivity index (χ0) is 20.1. The maximum Gasteiger partial charge on any atom is 0.239 e. The number of nitrogens with one attached hydrogen (secondary N) is 1. The van der Waals surface area contributed by atoms with E-state index < -0.39 is 5.54 Å². The van der Waals surface area contributed by atoms with Gasteiger partial charge in [-0.1, -0.05) is 58.0 Å². The molecule has 3 N–H and O–H groups in total. The lowest BCUT2D eigenvalue weighted by Gasteiger charge is -2.56. The molecular weight excluding hydrogens is 346 g/mol. The molecule has 0 aromatic heterocycles. The van der Waals surface area contributed by atoms with Crippen molar-refractivity contribution in [3.63, 3.8) is 0 Å². The van der Waals surface area contributed by atoms with Crippen molar-refractivity contribution in [1.82, 2.24) is 10.2 Å². The number of hydrogen-bond acceptors (Lipinski definition) is 3. The van der Waals surface area contributed by atoms with Gasteiger partial charge in [-0.3, -0.25) is 9.69 Å². The van der Waals surface area contributed by atoms with E-state index in [1.54, 1.807) is 0 Å². The highest BCUT2D eigenvalue weighted by atomic mass is 16.1. The van der Waals surface area contributed by atoms with Crippen LogP contribution in [0.3, 0.4) is 0 Å². The van der Waals surface area contributed by atoms with Crippen LogP contribution in [0, 0.1) is 29.6 Å². The third-order valence-electron chi connectivity index (χ3n) is 7.54. The Morgan fingerprint density at radius 3 is 2.54 bits per heavy atom. The summed E-state index contributed by atoms with van der Waals surface area (Å²) in [5, 5.41) is 3.70. The van der Waals surface area contributed by atoms with Gasteiger partial charge in [-0.15, -0.1) is 0 Å². The lowest BCUT2D eigenvalue weighted by molar-refractivity contribution is -0.135. The molecule has 3 saturated heterocycles. The highest BCUT2D eigenvalue weighted by Crippen LogP contribution is 2.56. The van der Waals surface area contributed by atoms with Crippen LogP contribution >= 0.6 is 0 Å². The molecule has 5 rings (SSSR count). The van der Waals surface area contributed by atoms with Crippen LogP contribution in [0.5, 0.6) is 0 Å². The van der Waals surface area contributed by atoms with E-state index in [2.05, 4.69) is 68.2 Å². The molecule has 1 aliphatic carbocycles. The number of nitrogens with zero attached hydrogens (tertiary/aromatic N) is 1. The second-order valence-corrected chi connectivity index (χ2v) is 10.3. The molecule has 3 heterocycles. The highest BCUT2D eigenvalue weighted by molar-refractivity contribution is 5.87. The van der Waals surface area contributed by atoms with Crippen molar-refractivity contribution in [3.8, 4) is 0 Å². The van der Waals surface area contributed by atoms with Crippen LogP contribution in [0.2, 0.25) is 0 Å². The number of likely N-dealkylation sites (tertiary alicyclic amines) is 1. The van der Waals surface area contributed by atoms with Gasteiger partial charge in [-0.05, 0) is 55.0 Å². The molecule has 4 fully saturated rings. The van der Waals surface area contributed by atoms with Gasteiger partial charge in [-0.25, -0.2) is 0 Å². The molecule has 6 unspecified atom stereocenters. The molecule has 4 bridgehead atoms. The maximum atomic E-state index is 13.0. The van der Waals surface area contributed by atoms with Crippen LogP contribution < -0.4 is 11.1 Å². The van der Waals surface area contributed by atoms with Crippen LogP contribution in [-0.4, -0.2) is 41.5 Å². The van der Waals surface area contributed by atoms with Gasteiger partial charge in [-0.2, -0.15) is 0 Å². The van der Waals surface area contributed by atoms with E-state index in [1.165, 1.54) is 12.0 Å². The number of fused-ring (bicyclic) bond motifs is 1. The molecule has 1 aromatic carbocycles. The number of amides is 1. The van der Waals surface area contributed by atoms with E-state index in [1.807, 2.05) is 0 Å². The van der Waals surface area contributed by atoms with Crippen molar-refractivity contribution in [2.75, 3.05) is 13.1 Å². The quantitative estimate of drug-likeness (QED) is 0.761. The molecule has 154 valence electrons. The zero-order valence-corrected chi connectivity index (χ0v) is 17.9. The largest absolute Gasteiger partial charge is 0.368 e. The third kappa shape index (κ3) is 3.09. The standard InChI is InChI=1S/C24H37N3O/c1-15(2)10-19-18-12-20-21(11-17-8-6-5-7-9-17)27(14-16(3)4)22(19)24(20,23(25)28)26-13-18/h5-9,15-16,18-22,26H,10-14H2,1-4H3,(H2,25,28). The molecule has 0 radical (unpaired) electrons. The van der Waals surface area contributed by atoms with Gasteiger partial charge in [0.05, 0.1) is 0 Å². The molecule has 28 heavy (non-hydrogen) atoms. The molecule has 3 aliphatic heterocycles. The SMILES string of the molecule is CC(C)CC1C2CNC3(C(N)=O)C(C2)C(Cc2ccccc2)N(CC(C)C)C13. The maximum absolute atomic E-state index is 13.0. The molecular formula is C24H37N3O. The van der Waals surface area contributed by atoms with E-state index in [-0.39, 0.29) is 11.9 Å². The Hall–Kier alpha value is -1.39. The first-order valence-corrected chi connectivity index (χ1v) is 11.2. The minimum atomic E-state index is -0.553. The Morgan fingerprint density at radius 2 is 1.93 bits per heavy atom. The molecule has 4 nitrogen and oxygen atoms in total. The number of benzene rings is 1. The molecule has 1 saturated carbocycles. The number of carbonyl (C=O) groups is 1. The Labute approximate surface area is 170 Å². The van der Waals surface area contributed by atoms with Crippen LogP contribution in [0.4, 0.5) is 0 Å². The minimum absolute atomic E-state index is 0.126. The van der Waals surface area contributed by atoms with Crippen LogP contribution in [-0.2, 0) is 11.2 Å². The summed E-state index contributed by atoms with van der Waals surface area (Å²) in [6.07, 6.45) is 3.33. The summed E-state index contributed by atoms with van der Waals surface area (Å²) in [6.45, 7) is 11.2. The van der Waals surface area contributed by atoms with Crippen molar-refractivity contribution < 1.29 is 4.79 Å². The Bertz CT molecular complexity index is 703. The van der Waals surface area contributed by atoms with Crippen LogP contribution in [0.1, 0.15) is 46.1 Å². The lowest BCUT2D eigenvalue weighted by Crippen LogP contribution is -2.75. The molecule has 1 amide bonds. The van der Waals surface area contributed by atoms with Crippen LogP contribution in [0.15, 0.2) is 30.3 Å². The van der Waals surface area contributed by atoms with Crippen molar-refractivity contribution >= 4 is 5.91 Å². The van der Waals surface area contributed by atoms with Crippen molar-refractivity contribution in [2.24, 2.45) is 35.3 Å². The lowest BCUT2D eigenvalue weighted by atomic mass is 9.57. The first kappa shape index (κ1) is 19.9. The topological polar surface area (TPSA) is 58.4 Å². The Morgan fingerprint density at radius 1 is 1.21 bits per heavy atom. The van der Waals surface area contributed by atoms with E-state index in [0.29, 0.717) is 35.6 Å². The van der Waals surface area contributed by atoms with E-state index >= 15 is 0 Å². The van der Waals surface area contributed by atoms with Gasteiger partial charge in [0.2, 0.25) is 5.91 Å². The first-order chi connectivity index (χ1) is 13.3. The second kappa shape index (κ2) is 7.46. The summed E-state index contributed by atoms with van der Waals surface area (Å²) in [5.41, 5.74) is 6.98. The fourth-order valence-electron chi connectivity index (χ4n) is 6.74. The van der Waals surface area contributed by atoms with Crippen molar-refractivity contribution in [2.45, 2.75) is 64.6 Å².